The Labute approximate surface area is 172 Å². The van der Waals surface area contributed by atoms with Gasteiger partial charge in [-0.1, -0.05) is 53.5 Å². The van der Waals surface area contributed by atoms with Gasteiger partial charge in [-0.2, -0.15) is 0 Å². The molecule has 0 atom stereocenters. The molecule has 0 aromatic heterocycles. The first-order chi connectivity index (χ1) is 13.5. The highest BCUT2D eigenvalue weighted by molar-refractivity contribution is 6.35. The third-order valence-electron chi connectivity index (χ3n) is 3.85. The fourth-order valence-corrected chi connectivity index (χ4v) is 2.86. The van der Waals surface area contributed by atoms with Crippen LogP contribution in [0.3, 0.4) is 0 Å². The fourth-order valence-electron chi connectivity index (χ4n) is 2.52. The second-order valence-electron chi connectivity index (χ2n) is 5.89. The summed E-state index contributed by atoms with van der Waals surface area (Å²) < 4.78 is 0. The Morgan fingerprint density at radius 2 is 1.50 bits per heavy atom. The molecule has 0 radical (unpaired) electrons. The first kappa shape index (κ1) is 19.7. The summed E-state index contributed by atoms with van der Waals surface area (Å²) in [4.78, 5) is 24.8. The number of nitrogens with one attached hydrogen (secondary N) is 3. The predicted octanol–water partition coefficient (Wildman–Crippen LogP) is 5.30. The van der Waals surface area contributed by atoms with Crippen LogP contribution in [0, 0.1) is 0 Å². The minimum Gasteiger partial charge on any atom is -0.376 e. The molecule has 0 unspecified atom stereocenters. The summed E-state index contributed by atoms with van der Waals surface area (Å²) >= 11 is 12.0. The zero-order valence-electron chi connectivity index (χ0n) is 14.7. The normalized spacial score (nSPS) is 10.2. The van der Waals surface area contributed by atoms with E-state index >= 15 is 0 Å². The summed E-state index contributed by atoms with van der Waals surface area (Å²) in [5.74, 6) is -0.588. The van der Waals surface area contributed by atoms with E-state index in [1.807, 2.05) is 18.2 Å². The molecular formula is C21H17Cl2N3O2. The number of carbonyl (C=O) groups is 2. The van der Waals surface area contributed by atoms with Crippen LogP contribution in [-0.4, -0.2) is 18.4 Å². The first-order valence-electron chi connectivity index (χ1n) is 8.47. The second kappa shape index (κ2) is 9.26. The van der Waals surface area contributed by atoms with Crippen LogP contribution in [0.4, 0.5) is 17.1 Å². The number of rotatable bonds is 6. The molecule has 0 saturated heterocycles. The Balaban J connectivity index is 1.65. The van der Waals surface area contributed by atoms with Crippen molar-refractivity contribution in [2.24, 2.45) is 0 Å². The van der Waals surface area contributed by atoms with Gasteiger partial charge in [0.05, 0.1) is 22.8 Å². The minimum absolute atomic E-state index is 0.0432. The van der Waals surface area contributed by atoms with Gasteiger partial charge >= 0.3 is 0 Å². The highest BCUT2D eigenvalue weighted by Gasteiger charge is 2.13. The monoisotopic (exact) mass is 413 g/mol. The van der Waals surface area contributed by atoms with E-state index in [9.17, 15) is 9.59 Å². The number of hydrogen-bond acceptors (Lipinski definition) is 3. The largest absolute Gasteiger partial charge is 0.376 e. The SMILES string of the molecule is O=C(CNc1ccccc1C(=O)Nc1ccccc1)Nc1cc(Cl)ccc1Cl. The average Bonchev–Trinajstić information content (AvgIpc) is 2.70. The number of amides is 2. The quantitative estimate of drug-likeness (QED) is 0.513. The molecule has 0 heterocycles. The molecule has 7 heteroatoms. The summed E-state index contributed by atoms with van der Waals surface area (Å²) in [7, 11) is 0. The van der Waals surface area contributed by atoms with Crippen molar-refractivity contribution in [1.82, 2.24) is 0 Å². The van der Waals surface area contributed by atoms with Crippen molar-refractivity contribution in [2.75, 3.05) is 22.5 Å². The molecule has 0 aliphatic rings. The van der Waals surface area contributed by atoms with Crippen molar-refractivity contribution in [3.63, 3.8) is 0 Å². The van der Waals surface area contributed by atoms with E-state index in [0.717, 1.165) is 0 Å². The lowest BCUT2D eigenvalue weighted by atomic mass is 10.1. The van der Waals surface area contributed by atoms with Gasteiger partial charge < -0.3 is 16.0 Å². The van der Waals surface area contributed by atoms with Crippen molar-refractivity contribution in [3.05, 3.63) is 88.4 Å². The maximum absolute atomic E-state index is 12.6. The molecule has 2 amide bonds. The van der Waals surface area contributed by atoms with E-state index in [4.69, 9.17) is 23.2 Å². The molecule has 3 rings (SSSR count). The molecule has 0 aliphatic carbocycles. The van der Waals surface area contributed by atoms with Crippen LogP contribution in [0.2, 0.25) is 10.0 Å². The van der Waals surface area contributed by atoms with Crippen LogP contribution in [0.15, 0.2) is 72.8 Å². The van der Waals surface area contributed by atoms with Gasteiger partial charge in [-0.15, -0.1) is 0 Å². The van der Waals surface area contributed by atoms with E-state index in [0.29, 0.717) is 32.7 Å². The van der Waals surface area contributed by atoms with Gasteiger partial charge in [0.15, 0.2) is 0 Å². The van der Waals surface area contributed by atoms with Gasteiger partial charge in [0.2, 0.25) is 5.91 Å². The lowest BCUT2D eigenvalue weighted by Crippen LogP contribution is -2.23. The van der Waals surface area contributed by atoms with Gasteiger partial charge in [0, 0.05) is 16.4 Å². The predicted molar refractivity (Wildman–Crippen MR) is 114 cm³/mol. The van der Waals surface area contributed by atoms with Crippen LogP contribution in [0.1, 0.15) is 10.4 Å². The van der Waals surface area contributed by atoms with Gasteiger partial charge in [0.1, 0.15) is 0 Å². The summed E-state index contributed by atoms with van der Waals surface area (Å²) in [6, 6.07) is 20.9. The summed E-state index contributed by atoms with van der Waals surface area (Å²) in [6.07, 6.45) is 0. The number of anilines is 3. The van der Waals surface area contributed by atoms with E-state index in [-0.39, 0.29) is 18.4 Å². The Morgan fingerprint density at radius 3 is 2.29 bits per heavy atom. The molecule has 0 fully saturated rings. The summed E-state index contributed by atoms with van der Waals surface area (Å²) in [5, 5.41) is 9.36. The zero-order chi connectivity index (χ0) is 19.9. The Hall–Kier alpha value is -3.02. The highest BCUT2D eigenvalue weighted by Crippen LogP contribution is 2.25. The topological polar surface area (TPSA) is 70.2 Å². The Bertz CT molecular complexity index is 994. The zero-order valence-corrected chi connectivity index (χ0v) is 16.2. The third kappa shape index (κ3) is 5.25. The van der Waals surface area contributed by atoms with E-state index in [2.05, 4.69) is 16.0 Å². The minimum atomic E-state index is -0.317. The van der Waals surface area contributed by atoms with Crippen LogP contribution in [0.25, 0.3) is 0 Å². The van der Waals surface area contributed by atoms with E-state index in [1.165, 1.54) is 0 Å². The van der Waals surface area contributed by atoms with Gasteiger partial charge in [-0.05, 0) is 42.5 Å². The number of hydrogen-bond donors (Lipinski definition) is 3. The first-order valence-corrected chi connectivity index (χ1v) is 9.23. The summed E-state index contributed by atoms with van der Waals surface area (Å²) in [6.45, 7) is -0.0432. The van der Waals surface area contributed by atoms with E-state index < -0.39 is 0 Å². The number of halogens is 2. The number of benzene rings is 3. The highest BCUT2D eigenvalue weighted by atomic mass is 35.5. The standard InChI is InChI=1S/C21H17Cl2N3O2/c22-14-10-11-17(23)19(12-14)26-20(27)13-24-18-9-5-4-8-16(18)21(28)25-15-6-2-1-3-7-15/h1-12,24H,13H2,(H,25,28)(H,26,27). The average molecular weight is 414 g/mol. The fraction of sp³-hybridized carbons (Fsp3) is 0.0476. The molecule has 142 valence electrons. The van der Waals surface area contributed by atoms with Crippen molar-refractivity contribution in [1.29, 1.82) is 0 Å². The molecule has 3 N–H and O–H groups in total. The lowest BCUT2D eigenvalue weighted by Gasteiger charge is -2.13. The van der Waals surface area contributed by atoms with Gasteiger partial charge in [-0.3, -0.25) is 9.59 Å². The van der Waals surface area contributed by atoms with Crippen molar-refractivity contribution in [2.45, 2.75) is 0 Å². The van der Waals surface area contributed by atoms with Crippen molar-refractivity contribution >= 4 is 52.1 Å². The molecule has 3 aromatic rings. The lowest BCUT2D eigenvalue weighted by molar-refractivity contribution is -0.114. The number of carbonyl (C=O) groups excluding carboxylic acids is 2. The summed E-state index contributed by atoms with van der Waals surface area (Å²) in [5.41, 5.74) is 2.09. The molecular weight excluding hydrogens is 397 g/mol. The van der Waals surface area contributed by atoms with Crippen LogP contribution < -0.4 is 16.0 Å². The van der Waals surface area contributed by atoms with Gasteiger partial charge in [-0.25, -0.2) is 0 Å². The Morgan fingerprint density at radius 1 is 0.786 bits per heavy atom. The second-order valence-corrected chi connectivity index (χ2v) is 6.74. The third-order valence-corrected chi connectivity index (χ3v) is 4.41. The maximum Gasteiger partial charge on any atom is 0.257 e. The molecule has 0 bridgehead atoms. The molecule has 28 heavy (non-hydrogen) atoms. The molecule has 0 aliphatic heterocycles. The molecule has 3 aromatic carbocycles. The molecule has 0 spiro atoms. The number of para-hydroxylation sites is 2. The van der Waals surface area contributed by atoms with Crippen LogP contribution in [0.5, 0.6) is 0 Å². The van der Waals surface area contributed by atoms with Crippen LogP contribution >= 0.6 is 23.2 Å². The Kier molecular flexibility index (Phi) is 6.53. The van der Waals surface area contributed by atoms with Crippen molar-refractivity contribution in [3.8, 4) is 0 Å². The van der Waals surface area contributed by atoms with Crippen molar-refractivity contribution < 1.29 is 9.59 Å². The van der Waals surface area contributed by atoms with Crippen LogP contribution in [-0.2, 0) is 4.79 Å². The smallest absolute Gasteiger partial charge is 0.257 e. The maximum atomic E-state index is 12.6. The molecule has 0 saturated carbocycles. The van der Waals surface area contributed by atoms with Gasteiger partial charge in [0.25, 0.3) is 5.91 Å². The molecule has 5 nitrogen and oxygen atoms in total. The van der Waals surface area contributed by atoms with E-state index in [1.54, 1.807) is 54.6 Å².